The third kappa shape index (κ3) is 2.77. The summed E-state index contributed by atoms with van der Waals surface area (Å²) in [5.41, 5.74) is 10.9. The van der Waals surface area contributed by atoms with E-state index < -0.39 is 24.0 Å². The van der Waals surface area contributed by atoms with Gasteiger partial charge >= 0.3 is 0 Å². The van der Waals surface area contributed by atoms with E-state index >= 15 is 0 Å². The number of nitrogens with one attached hydrogen (secondary N) is 1. The lowest BCUT2D eigenvalue weighted by atomic mass is 10.1. The van der Waals surface area contributed by atoms with Crippen molar-refractivity contribution in [3.8, 4) is 0 Å². The zero-order chi connectivity index (χ0) is 14.9. The summed E-state index contributed by atoms with van der Waals surface area (Å²) in [5, 5.41) is 2.67. The monoisotopic (exact) mass is 282 g/mol. The Morgan fingerprint density at radius 2 is 2.00 bits per heavy atom. The predicted molar refractivity (Wildman–Crippen MR) is 72.3 cm³/mol. The van der Waals surface area contributed by atoms with E-state index in [1.165, 1.54) is 0 Å². The summed E-state index contributed by atoms with van der Waals surface area (Å²) >= 11 is 0. The second-order valence-electron chi connectivity index (χ2n) is 5.68. The molecule has 2 heterocycles. The van der Waals surface area contributed by atoms with Crippen molar-refractivity contribution in [2.45, 2.75) is 63.2 Å². The fourth-order valence-corrected chi connectivity index (χ4v) is 3.08. The van der Waals surface area contributed by atoms with Gasteiger partial charge in [-0.3, -0.25) is 14.4 Å². The molecule has 112 valence electrons. The van der Waals surface area contributed by atoms with Gasteiger partial charge in [0.1, 0.15) is 12.1 Å². The van der Waals surface area contributed by atoms with Gasteiger partial charge in [-0.25, -0.2) is 0 Å². The van der Waals surface area contributed by atoms with Gasteiger partial charge in [-0.15, -0.1) is 0 Å². The number of primary amides is 1. The zero-order valence-electron chi connectivity index (χ0n) is 11.7. The molecule has 0 aliphatic carbocycles. The van der Waals surface area contributed by atoms with Crippen molar-refractivity contribution in [1.82, 2.24) is 10.2 Å². The third-order valence-electron chi connectivity index (χ3n) is 4.14. The van der Waals surface area contributed by atoms with E-state index in [4.69, 9.17) is 11.5 Å². The van der Waals surface area contributed by atoms with Crippen molar-refractivity contribution in [2.75, 3.05) is 0 Å². The predicted octanol–water partition coefficient (Wildman–Crippen LogP) is -1.15. The van der Waals surface area contributed by atoms with Crippen LogP contribution in [-0.2, 0) is 14.4 Å². The average Bonchev–Trinajstić information content (AvgIpc) is 2.74. The van der Waals surface area contributed by atoms with Crippen LogP contribution in [0.15, 0.2) is 0 Å². The van der Waals surface area contributed by atoms with Crippen LogP contribution in [0.2, 0.25) is 0 Å². The molecule has 2 saturated heterocycles. The molecule has 2 aliphatic rings. The number of carbonyl (C=O) groups excluding carboxylic acids is 3. The lowest BCUT2D eigenvalue weighted by Gasteiger charge is -2.29. The first kappa shape index (κ1) is 14.8. The molecule has 2 aliphatic heterocycles. The normalized spacial score (nSPS) is 31.4. The Labute approximate surface area is 118 Å². The highest BCUT2D eigenvalue weighted by Crippen LogP contribution is 2.31. The number of rotatable bonds is 3. The van der Waals surface area contributed by atoms with Crippen LogP contribution >= 0.6 is 0 Å². The van der Waals surface area contributed by atoms with Gasteiger partial charge in [0.25, 0.3) is 0 Å². The standard InChI is InChI=1S/C13H22N4O3/c1-7(14)12(19)16-9-4-2-3-8-5-6-10(11(15)18)17(8)13(9)20/h7-10H,2-6,14H2,1H3,(H2,15,18)(H,16,19)/t7-,8-,9-,10-/m0/s1. The smallest absolute Gasteiger partial charge is 0.246 e. The number of hydrogen-bond acceptors (Lipinski definition) is 4. The molecule has 4 atom stereocenters. The SMILES string of the molecule is C[C@H](N)C(=O)N[C@H]1CCC[C@H]2CC[C@@H](C(N)=O)N2C1=O. The molecule has 5 N–H and O–H groups in total. The molecule has 0 aromatic carbocycles. The van der Waals surface area contributed by atoms with Crippen LogP contribution in [0.4, 0.5) is 0 Å². The summed E-state index contributed by atoms with van der Waals surface area (Å²) in [6, 6.07) is -1.73. The summed E-state index contributed by atoms with van der Waals surface area (Å²) in [4.78, 5) is 37.3. The highest BCUT2D eigenvalue weighted by Gasteiger charge is 2.43. The molecule has 2 fully saturated rings. The molecule has 0 spiro atoms. The van der Waals surface area contributed by atoms with Crippen molar-refractivity contribution in [2.24, 2.45) is 11.5 Å². The van der Waals surface area contributed by atoms with Crippen molar-refractivity contribution in [1.29, 1.82) is 0 Å². The third-order valence-corrected chi connectivity index (χ3v) is 4.14. The molecule has 0 saturated carbocycles. The maximum absolute atomic E-state index is 12.6. The van der Waals surface area contributed by atoms with Crippen LogP contribution in [-0.4, -0.2) is 46.8 Å². The lowest BCUT2D eigenvalue weighted by Crippen LogP contribution is -2.55. The molecule has 0 radical (unpaired) electrons. The van der Waals surface area contributed by atoms with Gasteiger partial charge in [-0.05, 0) is 39.0 Å². The highest BCUT2D eigenvalue weighted by atomic mass is 16.2. The largest absolute Gasteiger partial charge is 0.368 e. The van der Waals surface area contributed by atoms with Gasteiger partial charge in [-0.2, -0.15) is 0 Å². The van der Waals surface area contributed by atoms with Gasteiger partial charge in [-0.1, -0.05) is 0 Å². The van der Waals surface area contributed by atoms with Crippen LogP contribution in [0.5, 0.6) is 0 Å². The first-order chi connectivity index (χ1) is 9.41. The van der Waals surface area contributed by atoms with E-state index in [0.717, 1.165) is 19.3 Å². The number of amides is 3. The minimum atomic E-state index is -0.660. The van der Waals surface area contributed by atoms with Gasteiger partial charge in [0.15, 0.2) is 0 Å². The Morgan fingerprint density at radius 3 is 2.60 bits per heavy atom. The number of carbonyl (C=O) groups is 3. The number of nitrogens with two attached hydrogens (primary N) is 2. The average molecular weight is 282 g/mol. The topological polar surface area (TPSA) is 119 Å². The molecular formula is C13H22N4O3. The van der Waals surface area contributed by atoms with E-state index in [-0.39, 0.29) is 17.9 Å². The second kappa shape index (κ2) is 5.78. The summed E-state index contributed by atoms with van der Waals surface area (Å²) in [6.07, 6.45) is 3.67. The summed E-state index contributed by atoms with van der Waals surface area (Å²) in [6.45, 7) is 1.57. The van der Waals surface area contributed by atoms with Crippen molar-refractivity contribution < 1.29 is 14.4 Å². The van der Waals surface area contributed by atoms with E-state index in [0.29, 0.717) is 12.8 Å². The molecule has 0 aromatic rings. The Bertz CT molecular complexity index is 424. The van der Waals surface area contributed by atoms with Gasteiger partial charge < -0.3 is 21.7 Å². The Morgan fingerprint density at radius 1 is 1.30 bits per heavy atom. The number of hydrogen-bond donors (Lipinski definition) is 3. The Balaban J connectivity index is 2.15. The van der Waals surface area contributed by atoms with Crippen LogP contribution < -0.4 is 16.8 Å². The summed E-state index contributed by atoms with van der Waals surface area (Å²) < 4.78 is 0. The Kier molecular flexibility index (Phi) is 4.27. The van der Waals surface area contributed by atoms with Gasteiger partial charge in [0.2, 0.25) is 17.7 Å². The van der Waals surface area contributed by atoms with Gasteiger partial charge in [0.05, 0.1) is 6.04 Å². The molecule has 0 bridgehead atoms. The summed E-state index contributed by atoms with van der Waals surface area (Å²) in [7, 11) is 0. The maximum Gasteiger partial charge on any atom is 0.246 e. The number of nitrogens with zero attached hydrogens (tertiary/aromatic N) is 1. The molecule has 7 nitrogen and oxygen atoms in total. The van der Waals surface area contributed by atoms with Crippen molar-refractivity contribution >= 4 is 17.7 Å². The Hall–Kier alpha value is -1.63. The highest BCUT2D eigenvalue weighted by molar-refractivity contribution is 5.93. The summed E-state index contributed by atoms with van der Waals surface area (Å²) in [5.74, 6) is -1.03. The fraction of sp³-hybridized carbons (Fsp3) is 0.769. The van der Waals surface area contributed by atoms with Gasteiger partial charge in [0, 0.05) is 6.04 Å². The number of fused-ring (bicyclic) bond motifs is 1. The maximum atomic E-state index is 12.6. The molecule has 7 heteroatoms. The van der Waals surface area contributed by atoms with Crippen molar-refractivity contribution in [3.05, 3.63) is 0 Å². The molecular weight excluding hydrogens is 260 g/mol. The lowest BCUT2D eigenvalue weighted by molar-refractivity contribution is -0.142. The first-order valence-corrected chi connectivity index (χ1v) is 7.09. The first-order valence-electron chi connectivity index (χ1n) is 7.09. The molecule has 2 rings (SSSR count). The molecule has 20 heavy (non-hydrogen) atoms. The minimum absolute atomic E-state index is 0.0669. The second-order valence-corrected chi connectivity index (χ2v) is 5.68. The van der Waals surface area contributed by atoms with E-state index in [2.05, 4.69) is 5.32 Å². The minimum Gasteiger partial charge on any atom is -0.368 e. The molecule has 3 amide bonds. The quantitative estimate of drug-likeness (QED) is 0.605. The van der Waals surface area contributed by atoms with Crippen LogP contribution in [0.25, 0.3) is 0 Å². The van der Waals surface area contributed by atoms with E-state index in [1.54, 1.807) is 11.8 Å². The van der Waals surface area contributed by atoms with E-state index in [9.17, 15) is 14.4 Å². The molecule has 0 aromatic heterocycles. The van der Waals surface area contributed by atoms with E-state index in [1.807, 2.05) is 0 Å². The van der Waals surface area contributed by atoms with Crippen molar-refractivity contribution in [3.63, 3.8) is 0 Å². The van der Waals surface area contributed by atoms with Crippen LogP contribution in [0.1, 0.15) is 39.0 Å². The molecule has 0 unspecified atom stereocenters. The fourth-order valence-electron chi connectivity index (χ4n) is 3.08. The van der Waals surface area contributed by atoms with Crippen LogP contribution in [0, 0.1) is 0 Å². The zero-order valence-corrected chi connectivity index (χ0v) is 11.7. The van der Waals surface area contributed by atoms with Crippen LogP contribution in [0.3, 0.4) is 0 Å².